The molecule has 1 nitrogen and oxygen atoms in total. The Hall–Kier alpha value is 1.69. The molecular formula is C14H34KNS. The molecule has 0 saturated carbocycles. The molecule has 0 aliphatic rings. The normalized spacial score (nSPS) is 8.65. The SMILES string of the molecule is CC.CC.CC.CCC([NH-])C(SC)=C(C)C.[K+]. The van der Waals surface area contributed by atoms with Crippen molar-refractivity contribution >= 4 is 11.8 Å². The van der Waals surface area contributed by atoms with E-state index in [1.807, 2.05) is 47.8 Å². The van der Waals surface area contributed by atoms with Crippen LogP contribution in [0.5, 0.6) is 0 Å². The third-order valence-electron chi connectivity index (χ3n) is 1.44. The smallest absolute Gasteiger partial charge is 0.670 e. The second-order valence-electron chi connectivity index (χ2n) is 2.53. The molecular weight excluding hydrogens is 253 g/mol. The molecule has 3 heteroatoms. The number of rotatable bonds is 3. The molecule has 0 radical (unpaired) electrons. The summed E-state index contributed by atoms with van der Waals surface area (Å²) in [5.41, 5.74) is 8.92. The van der Waals surface area contributed by atoms with Crippen LogP contribution in [0.2, 0.25) is 0 Å². The molecule has 0 bridgehead atoms. The molecule has 0 amide bonds. The van der Waals surface area contributed by atoms with Crippen molar-refractivity contribution in [3.05, 3.63) is 16.2 Å². The van der Waals surface area contributed by atoms with E-state index in [0.29, 0.717) is 0 Å². The van der Waals surface area contributed by atoms with Gasteiger partial charge < -0.3 is 5.73 Å². The van der Waals surface area contributed by atoms with E-state index in [1.54, 1.807) is 11.8 Å². The number of allylic oxidation sites excluding steroid dienone is 1. The van der Waals surface area contributed by atoms with Crippen LogP contribution < -0.4 is 51.4 Å². The van der Waals surface area contributed by atoms with Gasteiger partial charge in [-0.1, -0.05) is 60.5 Å². The van der Waals surface area contributed by atoms with Gasteiger partial charge in [-0.05, 0) is 25.0 Å². The van der Waals surface area contributed by atoms with Crippen LogP contribution in [0.3, 0.4) is 0 Å². The topological polar surface area (TPSA) is 23.8 Å². The van der Waals surface area contributed by atoms with E-state index in [4.69, 9.17) is 5.73 Å². The van der Waals surface area contributed by atoms with Crippen molar-refractivity contribution in [2.24, 2.45) is 0 Å². The van der Waals surface area contributed by atoms with Crippen LogP contribution >= 0.6 is 11.8 Å². The van der Waals surface area contributed by atoms with Gasteiger partial charge in [0, 0.05) is 0 Å². The van der Waals surface area contributed by atoms with Gasteiger partial charge in [0.1, 0.15) is 0 Å². The molecule has 0 fully saturated rings. The third kappa shape index (κ3) is 23.2. The average Bonchev–Trinajstić information content (AvgIpc) is 2.36. The van der Waals surface area contributed by atoms with E-state index >= 15 is 0 Å². The van der Waals surface area contributed by atoms with Crippen molar-refractivity contribution in [2.75, 3.05) is 6.26 Å². The fourth-order valence-electron chi connectivity index (χ4n) is 0.880. The van der Waals surface area contributed by atoms with Gasteiger partial charge in [-0.15, -0.1) is 17.8 Å². The van der Waals surface area contributed by atoms with Crippen LogP contribution in [0.15, 0.2) is 10.5 Å². The Morgan fingerprint density at radius 2 is 1.29 bits per heavy atom. The number of hydrogen-bond acceptors (Lipinski definition) is 1. The van der Waals surface area contributed by atoms with Gasteiger partial charge >= 0.3 is 51.4 Å². The van der Waals surface area contributed by atoms with Crippen LogP contribution in [0.1, 0.15) is 68.7 Å². The zero-order valence-corrected chi connectivity index (χ0v) is 18.1. The van der Waals surface area contributed by atoms with Crippen LogP contribution in [-0.4, -0.2) is 12.3 Å². The second kappa shape index (κ2) is 30.6. The van der Waals surface area contributed by atoms with Gasteiger partial charge in [0.2, 0.25) is 0 Å². The van der Waals surface area contributed by atoms with Crippen molar-refractivity contribution in [1.82, 2.24) is 0 Å². The molecule has 0 saturated heterocycles. The van der Waals surface area contributed by atoms with Crippen LogP contribution in [-0.2, 0) is 0 Å². The van der Waals surface area contributed by atoms with E-state index in [9.17, 15) is 0 Å². The van der Waals surface area contributed by atoms with E-state index in [1.165, 1.54) is 10.5 Å². The Labute approximate surface area is 158 Å². The molecule has 1 N–H and O–H groups in total. The summed E-state index contributed by atoms with van der Waals surface area (Å²) >= 11 is 1.70. The summed E-state index contributed by atoms with van der Waals surface area (Å²) in [5.74, 6) is 0. The number of thioether (sulfide) groups is 1. The molecule has 0 spiro atoms. The van der Waals surface area contributed by atoms with Crippen LogP contribution in [0.4, 0.5) is 0 Å². The average molecular weight is 288 g/mol. The van der Waals surface area contributed by atoms with E-state index < -0.39 is 0 Å². The van der Waals surface area contributed by atoms with Crippen LogP contribution in [0.25, 0.3) is 5.73 Å². The fraction of sp³-hybridized carbons (Fsp3) is 0.857. The first kappa shape index (κ1) is 31.2. The predicted molar refractivity (Wildman–Crippen MR) is 84.3 cm³/mol. The minimum atomic E-state index is -0.000000000000000444. The maximum Gasteiger partial charge on any atom is 1.00 e. The number of hydrogen-bond donors (Lipinski definition) is 0. The molecule has 0 rings (SSSR count). The summed E-state index contributed by atoms with van der Waals surface area (Å²) in [5, 5.41) is 0. The van der Waals surface area contributed by atoms with Gasteiger partial charge in [-0.2, -0.15) is 0 Å². The largest absolute Gasteiger partial charge is 1.00 e. The first-order valence-corrected chi connectivity index (χ1v) is 7.78. The zero-order chi connectivity index (χ0) is 14.1. The predicted octanol–water partition coefficient (Wildman–Crippen LogP) is 3.56. The molecule has 1 atom stereocenters. The molecule has 0 aliphatic heterocycles. The molecule has 17 heavy (non-hydrogen) atoms. The zero-order valence-electron chi connectivity index (χ0n) is 14.2. The summed E-state index contributed by atoms with van der Waals surface area (Å²) in [6.07, 6.45) is 2.96. The van der Waals surface area contributed by atoms with Crippen molar-refractivity contribution in [3.63, 3.8) is 0 Å². The standard InChI is InChI=1S/C8H16NS.3C2H6.K/c1-5-7(9)8(10-4)6(2)3;3*1-2;/h7,9H,5H2,1-4H3;3*1-2H3;/q-1;;;;+1. The summed E-state index contributed by atoms with van der Waals surface area (Å²) < 4.78 is 0. The Balaban J connectivity index is -0.0000000594. The molecule has 0 aromatic heterocycles. The maximum absolute atomic E-state index is 7.63. The Kier molecular flexibility index (Phi) is 56.2. The quantitative estimate of drug-likeness (QED) is 0.728. The van der Waals surface area contributed by atoms with Gasteiger partial charge in [0.05, 0.1) is 0 Å². The summed E-state index contributed by atoms with van der Waals surface area (Å²) in [6, 6.07) is -0.000000000000000444. The fourth-order valence-corrected chi connectivity index (χ4v) is 1.74. The first-order valence-electron chi connectivity index (χ1n) is 6.56. The summed E-state index contributed by atoms with van der Waals surface area (Å²) in [7, 11) is 0. The molecule has 102 valence electrons. The minimum absolute atomic E-state index is 0. The molecule has 0 aromatic carbocycles. The van der Waals surface area contributed by atoms with Crippen molar-refractivity contribution in [3.8, 4) is 0 Å². The Bertz CT molecular complexity index is 132. The van der Waals surface area contributed by atoms with E-state index in [0.717, 1.165) is 6.42 Å². The van der Waals surface area contributed by atoms with Crippen molar-refractivity contribution in [1.29, 1.82) is 0 Å². The van der Waals surface area contributed by atoms with E-state index in [2.05, 4.69) is 20.8 Å². The molecule has 0 aromatic rings. The maximum atomic E-state index is 7.63. The van der Waals surface area contributed by atoms with Gasteiger partial charge in [-0.25, -0.2) is 0 Å². The third-order valence-corrected chi connectivity index (χ3v) is 2.57. The molecule has 0 aliphatic carbocycles. The second-order valence-corrected chi connectivity index (χ2v) is 3.38. The minimum Gasteiger partial charge on any atom is -0.670 e. The first-order chi connectivity index (χ1) is 7.63. The van der Waals surface area contributed by atoms with Crippen molar-refractivity contribution < 1.29 is 51.4 Å². The molecule has 0 heterocycles. The monoisotopic (exact) mass is 287 g/mol. The Morgan fingerprint density at radius 3 is 1.35 bits per heavy atom. The van der Waals surface area contributed by atoms with Gasteiger partial charge in [-0.3, -0.25) is 0 Å². The van der Waals surface area contributed by atoms with Crippen molar-refractivity contribution in [2.45, 2.75) is 74.8 Å². The Morgan fingerprint density at radius 1 is 1.00 bits per heavy atom. The van der Waals surface area contributed by atoms with Crippen LogP contribution in [0, 0.1) is 0 Å². The molecule has 1 unspecified atom stereocenters. The summed E-state index contributed by atoms with van der Waals surface area (Å²) in [4.78, 5) is 1.22. The summed E-state index contributed by atoms with van der Waals surface area (Å²) in [6.45, 7) is 18.2. The van der Waals surface area contributed by atoms with Gasteiger partial charge in [0.25, 0.3) is 0 Å². The number of nitrogens with one attached hydrogen (secondary N) is 1. The van der Waals surface area contributed by atoms with Gasteiger partial charge in [0.15, 0.2) is 0 Å². The van der Waals surface area contributed by atoms with E-state index in [-0.39, 0.29) is 57.4 Å².